The van der Waals surface area contributed by atoms with Crippen molar-refractivity contribution in [3.8, 4) is 5.75 Å². The molecule has 0 radical (unpaired) electrons. The molecule has 3 nitrogen and oxygen atoms in total. The summed E-state index contributed by atoms with van der Waals surface area (Å²) in [6.07, 6.45) is 1.88. The van der Waals surface area contributed by atoms with Crippen molar-refractivity contribution in [1.82, 2.24) is 9.55 Å². The standard InChI is InChI=1S/C13H15BrN2O/c1-4-7-16-12-6-5-10(17-3)8-11(12)15-13(16)9(2)14/h4-6,8-9H,1,7H2,2-3H3. The molecule has 0 aliphatic heterocycles. The number of benzene rings is 1. The van der Waals surface area contributed by atoms with Crippen LogP contribution in [-0.4, -0.2) is 16.7 Å². The third-order valence-electron chi connectivity index (χ3n) is 2.65. The van der Waals surface area contributed by atoms with Gasteiger partial charge in [0, 0.05) is 12.6 Å². The van der Waals surface area contributed by atoms with Gasteiger partial charge in [0.1, 0.15) is 11.6 Å². The minimum atomic E-state index is 0.209. The Hall–Kier alpha value is -1.29. The van der Waals surface area contributed by atoms with Crippen molar-refractivity contribution < 1.29 is 4.74 Å². The molecular formula is C13H15BrN2O. The van der Waals surface area contributed by atoms with Crippen LogP contribution >= 0.6 is 15.9 Å². The van der Waals surface area contributed by atoms with Crippen LogP contribution in [0.25, 0.3) is 11.0 Å². The number of imidazole rings is 1. The first-order valence-electron chi connectivity index (χ1n) is 5.46. The molecule has 1 aromatic carbocycles. The zero-order chi connectivity index (χ0) is 12.4. The summed E-state index contributed by atoms with van der Waals surface area (Å²) in [4.78, 5) is 4.84. The van der Waals surface area contributed by atoms with E-state index >= 15 is 0 Å². The fourth-order valence-corrected chi connectivity index (χ4v) is 2.23. The van der Waals surface area contributed by atoms with Crippen LogP contribution < -0.4 is 4.74 Å². The fourth-order valence-electron chi connectivity index (χ4n) is 1.88. The molecule has 0 spiro atoms. The van der Waals surface area contributed by atoms with Gasteiger partial charge in [-0.1, -0.05) is 22.0 Å². The van der Waals surface area contributed by atoms with Crippen molar-refractivity contribution in [1.29, 1.82) is 0 Å². The Bertz CT molecular complexity index is 546. The van der Waals surface area contributed by atoms with E-state index in [-0.39, 0.29) is 4.83 Å². The summed E-state index contributed by atoms with van der Waals surface area (Å²) in [6, 6.07) is 5.93. The zero-order valence-electron chi connectivity index (χ0n) is 9.98. The van der Waals surface area contributed by atoms with Crippen LogP contribution in [0, 0.1) is 0 Å². The third kappa shape index (κ3) is 2.22. The topological polar surface area (TPSA) is 27.1 Å². The zero-order valence-corrected chi connectivity index (χ0v) is 11.6. The molecule has 17 heavy (non-hydrogen) atoms. The largest absolute Gasteiger partial charge is 0.497 e. The predicted molar refractivity (Wildman–Crippen MR) is 73.8 cm³/mol. The van der Waals surface area contributed by atoms with E-state index < -0.39 is 0 Å². The highest BCUT2D eigenvalue weighted by Crippen LogP contribution is 2.28. The number of methoxy groups -OCH3 is 1. The minimum absolute atomic E-state index is 0.209. The number of fused-ring (bicyclic) bond motifs is 1. The van der Waals surface area contributed by atoms with Gasteiger partial charge in [0.15, 0.2) is 0 Å². The Kier molecular flexibility index (Phi) is 3.52. The van der Waals surface area contributed by atoms with Gasteiger partial charge in [-0.3, -0.25) is 0 Å². The maximum absolute atomic E-state index is 5.21. The SMILES string of the molecule is C=CCn1c(C(C)Br)nc2cc(OC)ccc21. The van der Waals surface area contributed by atoms with Gasteiger partial charge in [0.25, 0.3) is 0 Å². The smallest absolute Gasteiger partial charge is 0.123 e. The first kappa shape index (κ1) is 12.2. The molecule has 0 saturated heterocycles. The second-order valence-corrected chi connectivity index (χ2v) is 5.21. The molecule has 1 heterocycles. The van der Waals surface area contributed by atoms with Crippen molar-refractivity contribution in [3.63, 3.8) is 0 Å². The molecule has 0 aliphatic rings. The number of allylic oxidation sites excluding steroid dienone is 1. The average molecular weight is 295 g/mol. The van der Waals surface area contributed by atoms with E-state index in [9.17, 15) is 0 Å². The van der Waals surface area contributed by atoms with Gasteiger partial charge in [-0.2, -0.15) is 0 Å². The van der Waals surface area contributed by atoms with Crippen molar-refractivity contribution in [2.24, 2.45) is 0 Å². The van der Waals surface area contributed by atoms with Gasteiger partial charge in [-0.25, -0.2) is 4.98 Å². The lowest BCUT2D eigenvalue weighted by Gasteiger charge is -2.07. The number of rotatable bonds is 4. The highest BCUT2D eigenvalue weighted by Gasteiger charge is 2.14. The number of alkyl halides is 1. The number of ether oxygens (including phenoxy) is 1. The number of hydrogen-bond acceptors (Lipinski definition) is 2. The molecule has 1 aromatic heterocycles. The Morgan fingerprint density at radius 1 is 1.59 bits per heavy atom. The lowest BCUT2D eigenvalue weighted by atomic mass is 10.3. The van der Waals surface area contributed by atoms with Crippen LogP contribution in [0.5, 0.6) is 5.75 Å². The maximum atomic E-state index is 5.21. The molecular weight excluding hydrogens is 280 g/mol. The summed E-state index contributed by atoms with van der Waals surface area (Å²) < 4.78 is 7.36. The second kappa shape index (κ2) is 4.92. The van der Waals surface area contributed by atoms with Crippen LogP contribution in [0.2, 0.25) is 0 Å². The van der Waals surface area contributed by atoms with Crippen LogP contribution in [0.4, 0.5) is 0 Å². The molecule has 0 saturated carbocycles. The summed E-state index contributed by atoms with van der Waals surface area (Å²) in [6.45, 7) is 6.61. The first-order valence-corrected chi connectivity index (χ1v) is 6.38. The highest BCUT2D eigenvalue weighted by molar-refractivity contribution is 9.09. The van der Waals surface area contributed by atoms with Crippen molar-refractivity contribution >= 4 is 27.0 Å². The van der Waals surface area contributed by atoms with E-state index in [1.807, 2.05) is 24.3 Å². The Labute approximate surface area is 109 Å². The number of nitrogens with zero attached hydrogens (tertiary/aromatic N) is 2. The number of halogens is 1. The van der Waals surface area contributed by atoms with E-state index in [0.717, 1.165) is 29.2 Å². The monoisotopic (exact) mass is 294 g/mol. The number of aromatic nitrogens is 2. The normalized spacial score (nSPS) is 12.6. The lowest BCUT2D eigenvalue weighted by molar-refractivity contribution is 0.415. The molecule has 0 bridgehead atoms. The van der Waals surface area contributed by atoms with Gasteiger partial charge >= 0.3 is 0 Å². The number of hydrogen-bond donors (Lipinski definition) is 0. The van der Waals surface area contributed by atoms with E-state index in [0.29, 0.717) is 0 Å². The van der Waals surface area contributed by atoms with E-state index in [1.165, 1.54) is 0 Å². The molecule has 4 heteroatoms. The maximum Gasteiger partial charge on any atom is 0.123 e. The summed E-state index contributed by atoms with van der Waals surface area (Å²) in [5.74, 6) is 1.84. The molecule has 2 aromatic rings. The third-order valence-corrected chi connectivity index (χ3v) is 3.06. The van der Waals surface area contributed by atoms with Gasteiger partial charge < -0.3 is 9.30 Å². The molecule has 1 atom stereocenters. The van der Waals surface area contributed by atoms with E-state index in [2.05, 4.69) is 39.0 Å². The molecule has 0 amide bonds. The summed E-state index contributed by atoms with van der Waals surface area (Å²) in [5.41, 5.74) is 2.06. The molecule has 0 fully saturated rings. The molecule has 90 valence electrons. The minimum Gasteiger partial charge on any atom is -0.497 e. The summed E-state index contributed by atoms with van der Waals surface area (Å²) in [5, 5.41) is 0. The van der Waals surface area contributed by atoms with Crippen molar-refractivity contribution in [3.05, 3.63) is 36.7 Å². The fraction of sp³-hybridized carbons (Fsp3) is 0.308. The second-order valence-electron chi connectivity index (χ2n) is 3.84. The van der Waals surface area contributed by atoms with Crippen LogP contribution in [0.3, 0.4) is 0 Å². The molecule has 0 aliphatic carbocycles. The Morgan fingerprint density at radius 3 is 2.94 bits per heavy atom. The quantitative estimate of drug-likeness (QED) is 0.635. The molecule has 2 rings (SSSR count). The average Bonchev–Trinajstić information content (AvgIpc) is 2.68. The Balaban J connectivity index is 2.65. The van der Waals surface area contributed by atoms with Gasteiger partial charge in [-0.15, -0.1) is 6.58 Å². The van der Waals surface area contributed by atoms with Gasteiger partial charge in [-0.05, 0) is 19.1 Å². The van der Waals surface area contributed by atoms with Crippen LogP contribution in [0.1, 0.15) is 17.6 Å². The highest BCUT2D eigenvalue weighted by atomic mass is 79.9. The Morgan fingerprint density at radius 2 is 2.35 bits per heavy atom. The predicted octanol–water partition coefficient (Wildman–Crippen LogP) is 3.69. The van der Waals surface area contributed by atoms with Crippen LogP contribution in [0.15, 0.2) is 30.9 Å². The summed E-state index contributed by atoms with van der Waals surface area (Å²) in [7, 11) is 1.66. The van der Waals surface area contributed by atoms with Crippen molar-refractivity contribution in [2.45, 2.75) is 18.3 Å². The van der Waals surface area contributed by atoms with E-state index in [1.54, 1.807) is 7.11 Å². The van der Waals surface area contributed by atoms with Crippen molar-refractivity contribution in [2.75, 3.05) is 7.11 Å². The lowest BCUT2D eigenvalue weighted by Crippen LogP contribution is -2.02. The van der Waals surface area contributed by atoms with Gasteiger partial charge in [0.05, 0.1) is 23.0 Å². The molecule has 0 N–H and O–H groups in total. The first-order chi connectivity index (χ1) is 8.17. The molecule has 1 unspecified atom stereocenters. The van der Waals surface area contributed by atoms with Gasteiger partial charge in [0.2, 0.25) is 0 Å². The summed E-state index contributed by atoms with van der Waals surface area (Å²) >= 11 is 3.57. The van der Waals surface area contributed by atoms with E-state index in [4.69, 9.17) is 4.74 Å². The van der Waals surface area contributed by atoms with Crippen LogP contribution in [-0.2, 0) is 6.54 Å².